The molecular formula is C21H25N3O2. The Morgan fingerprint density at radius 3 is 2.62 bits per heavy atom. The van der Waals surface area contributed by atoms with Gasteiger partial charge in [0.25, 0.3) is 5.91 Å². The number of hydrogen-bond donors (Lipinski definition) is 2. The normalized spacial score (nSPS) is 10.2. The third-order valence-electron chi connectivity index (χ3n) is 3.81. The predicted octanol–water partition coefficient (Wildman–Crippen LogP) is 3.41. The molecule has 2 aromatic carbocycles. The van der Waals surface area contributed by atoms with E-state index in [2.05, 4.69) is 16.7 Å². The first-order valence-electron chi connectivity index (χ1n) is 8.89. The second-order valence-corrected chi connectivity index (χ2v) is 5.92. The summed E-state index contributed by atoms with van der Waals surface area (Å²) in [5.74, 6) is 0.784. The average Bonchev–Trinajstić information content (AvgIpc) is 2.66. The molecule has 136 valence electrons. The smallest absolute Gasteiger partial charge is 0.251 e. The van der Waals surface area contributed by atoms with Crippen molar-refractivity contribution in [3.8, 4) is 11.8 Å². The molecule has 0 spiro atoms. The highest BCUT2D eigenvalue weighted by Gasteiger charge is 2.03. The first-order valence-corrected chi connectivity index (χ1v) is 8.89. The van der Waals surface area contributed by atoms with Crippen LogP contribution in [0.5, 0.6) is 5.75 Å². The first-order chi connectivity index (χ1) is 12.7. The van der Waals surface area contributed by atoms with Crippen LogP contribution in [0.15, 0.2) is 48.5 Å². The molecule has 5 nitrogen and oxygen atoms in total. The van der Waals surface area contributed by atoms with E-state index in [1.807, 2.05) is 55.5 Å². The Bertz CT molecular complexity index is 736. The van der Waals surface area contributed by atoms with Crippen LogP contribution in [0, 0.1) is 11.3 Å². The van der Waals surface area contributed by atoms with Crippen LogP contribution in [0.25, 0.3) is 0 Å². The lowest BCUT2D eigenvalue weighted by atomic mass is 10.1. The fraction of sp³-hybridized carbons (Fsp3) is 0.333. The summed E-state index contributed by atoms with van der Waals surface area (Å²) in [4.78, 5) is 11.7. The van der Waals surface area contributed by atoms with Gasteiger partial charge in [0, 0.05) is 31.6 Å². The molecule has 2 rings (SSSR count). The number of ether oxygens (including phenoxy) is 1. The quantitative estimate of drug-likeness (QED) is 0.643. The first kappa shape index (κ1) is 19.5. The summed E-state index contributed by atoms with van der Waals surface area (Å²) in [5, 5.41) is 14.7. The summed E-state index contributed by atoms with van der Waals surface area (Å²) in [7, 11) is 0. The minimum absolute atomic E-state index is 0.0430. The maximum Gasteiger partial charge on any atom is 0.251 e. The zero-order chi connectivity index (χ0) is 18.6. The highest BCUT2D eigenvalue weighted by molar-refractivity contribution is 5.94. The standard InChI is InChI=1S/C21H25N3O2/c1-2-24-21(25)19-10-8-17(9-11-19)15-23-16-18-6-5-7-20(14-18)26-13-4-3-12-22/h5-11,14,23H,2-4,13,15-16H2,1H3,(H,24,25). The number of nitrogens with one attached hydrogen (secondary N) is 2. The monoisotopic (exact) mass is 351 g/mol. The van der Waals surface area contributed by atoms with Crippen LogP contribution >= 0.6 is 0 Å². The van der Waals surface area contributed by atoms with Crippen molar-refractivity contribution in [2.24, 2.45) is 0 Å². The third-order valence-corrected chi connectivity index (χ3v) is 3.81. The fourth-order valence-corrected chi connectivity index (χ4v) is 2.47. The molecular weight excluding hydrogens is 326 g/mol. The molecule has 0 bridgehead atoms. The van der Waals surface area contributed by atoms with Gasteiger partial charge in [0.15, 0.2) is 0 Å². The Balaban J connectivity index is 1.78. The molecule has 0 heterocycles. The van der Waals surface area contributed by atoms with Crippen LogP contribution in [0.3, 0.4) is 0 Å². The van der Waals surface area contributed by atoms with E-state index < -0.39 is 0 Å². The number of carbonyl (C=O) groups excluding carboxylic acids is 1. The maximum absolute atomic E-state index is 11.7. The van der Waals surface area contributed by atoms with E-state index in [1.54, 1.807) is 0 Å². The Morgan fingerprint density at radius 2 is 1.88 bits per heavy atom. The lowest BCUT2D eigenvalue weighted by molar-refractivity contribution is 0.0956. The molecule has 26 heavy (non-hydrogen) atoms. The van der Waals surface area contributed by atoms with Crippen LogP contribution < -0.4 is 15.4 Å². The molecule has 0 radical (unpaired) electrons. The molecule has 0 aromatic heterocycles. The number of nitriles is 1. The Labute approximate surface area is 155 Å². The minimum Gasteiger partial charge on any atom is -0.494 e. The van der Waals surface area contributed by atoms with E-state index in [1.165, 1.54) is 0 Å². The molecule has 5 heteroatoms. The van der Waals surface area contributed by atoms with Gasteiger partial charge in [0.2, 0.25) is 0 Å². The minimum atomic E-state index is -0.0430. The van der Waals surface area contributed by atoms with Crippen LogP contribution in [-0.4, -0.2) is 19.1 Å². The molecule has 2 aromatic rings. The molecule has 0 unspecified atom stereocenters. The Morgan fingerprint density at radius 1 is 1.12 bits per heavy atom. The summed E-state index contributed by atoms with van der Waals surface area (Å²) < 4.78 is 5.65. The van der Waals surface area contributed by atoms with Gasteiger partial charge in [-0.25, -0.2) is 0 Å². The van der Waals surface area contributed by atoms with E-state index in [0.29, 0.717) is 25.1 Å². The predicted molar refractivity (Wildman–Crippen MR) is 102 cm³/mol. The number of hydrogen-bond acceptors (Lipinski definition) is 4. The highest BCUT2D eigenvalue weighted by atomic mass is 16.5. The Hall–Kier alpha value is -2.84. The second kappa shape index (κ2) is 10.9. The summed E-state index contributed by atoms with van der Waals surface area (Å²) in [6.45, 7) is 4.55. The third kappa shape index (κ3) is 6.58. The van der Waals surface area contributed by atoms with Crippen molar-refractivity contribution < 1.29 is 9.53 Å². The van der Waals surface area contributed by atoms with Crippen molar-refractivity contribution >= 4 is 5.91 Å². The number of amides is 1. The van der Waals surface area contributed by atoms with Crippen LogP contribution in [0.2, 0.25) is 0 Å². The summed E-state index contributed by atoms with van der Waals surface area (Å²) >= 11 is 0. The summed E-state index contributed by atoms with van der Waals surface area (Å²) in [5.41, 5.74) is 2.94. The maximum atomic E-state index is 11.7. The highest BCUT2D eigenvalue weighted by Crippen LogP contribution is 2.14. The Kier molecular flexibility index (Phi) is 8.17. The van der Waals surface area contributed by atoms with Crippen molar-refractivity contribution in [2.45, 2.75) is 32.9 Å². The molecule has 1 amide bonds. The van der Waals surface area contributed by atoms with Crippen LogP contribution in [0.4, 0.5) is 0 Å². The van der Waals surface area contributed by atoms with Gasteiger partial charge in [-0.2, -0.15) is 5.26 Å². The van der Waals surface area contributed by atoms with E-state index in [0.717, 1.165) is 36.4 Å². The molecule has 0 saturated carbocycles. The summed E-state index contributed by atoms with van der Waals surface area (Å²) in [6.07, 6.45) is 1.26. The second-order valence-electron chi connectivity index (χ2n) is 5.92. The van der Waals surface area contributed by atoms with Gasteiger partial charge < -0.3 is 15.4 Å². The molecule has 0 saturated heterocycles. The number of benzene rings is 2. The topological polar surface area (TPSA) is 74.2 Å². The lowest BCUT2D eigenvalue weighted by Gasteiger charge is -2.09. The van der Waals surface area contributed by atoms with Crippen molar-refractivity contribution in [1.82, 2.24) is 10.6 Å². The van der Waals surface area contributed by atoms with Crippen molar-refractivity contribution in [3.63, 3.8) is 0 Å². The van der Waals surface area contributed by atoms with E-state index >= 15 is 0 Å². The van der Waals surface area contributed by atoms with E-state index in [4.69, 9.17) is 10.00 Å². The lowest BCUT2D eigenvalue weighted by Crippen LogP contribution is -2.22. The van der Waals surface area contributed by atoms with Gasteiger partial charge in [-0.05, 0) is 48.7 Å². The van der Waals surface area contributed by atoms with Crippen LogP contribution in [-0.2, 0) is 13.1 Å². The zero-order valence-electron chi connectivity index (χ0n) is 15.1. The van der Waals surface area contributed by atoms with Crippen molar-refractivity contribution in [1.29, 1.82) is 5.26 Å². The van der Waals surface area contributed by atoms with E-state index in [-0.39, 0.29) is 5.91 Å². The van der Waals surface area contributed by atoms with Gasteiger partial charge in [-0.15, -0.1) is 0 Å². The van der Waals surface area contributed by atoms with Crippen LogP contribution in [0.1, 0.15) is 41.3 Å². The average molecular weight is 351 g/mol. The largest absolute Gasteiger partial charge is 0.494 e. The number of nitrogens with zero attached hydrogens (tertiary/aromatic N) is 1. The number of carbonyl (C=O) groups is 1. The SMILES string of the molecule is CCNC(=O)c1ccc(CNCc2cccc(OCCCC#N)c2)cc1. The zero-order valence-corrected chi connectivity index (χ0v) is 15.1. The van der Waals surface area contributed by atoms with Gasteiger partial charge in [-0.1, -0.05) is 24.3 Å². The van der Waals surface area contributed by atoms with Gasteiger partial charge in [0.1, 0.15) is 5.75 Å². The van der Waals surface area contributed by atoms with Gasteiger partial charge in [0.05, 0.1) is 12.7 Å². The van der Waals surface area contributed by atoms with Crippen molar-refractivity contribution in [2.75, 3.05) is 13.2 Å². The molecule has 0 aliphatic rings. The molecule has 0 aliphatic heterocycles. The molecule has 0 atom stereocenters. The van der Waals surface area contributed by atoms with Gasteiger partial charge >= 0.3 is 0 Å². The number of rotatable bonds is 10. The molecule has 2 N–H and O–H groups in total. The molecule has 0 fully saturated rings. The van der Waals surface area contributed by atoms with Gasteiger partial charge in [-0.3, -0.25) is 4.79 Å². The number of unbranched alkanes of at least 4 members (excludes halogenated alkanes) is 1. The molecule has 0 aliphatic carbocycles. The van der Waals surface area contributed by atoms with E-state index in [9.17, 15) is 4.79 Å². The summed E-state index contributed by atoms with van der Waals surface area (Å²) in [6, 6.07) is 17.7. The van der Waals surface area contributed by atoms with Crippen molar-refractivity contribution in [3.05, 3.63) is 65.2 Å². The fourth-order valence-electron chi connectivity index (χ4n) is 2.47.